The predicted octanol–water partition coefficient (Wildman–Crippen LogP) is 5.33. The van der Waals surface area contributed by atoms with Gasteiger partial charge in [0.05, 0.1) is 0 Å². The highest BCUT2D eigenvalue weighted by Gasteiger charge is 2.11. The van der Waals surface area contributed by atoms with E-state index in [1.54, 1.807) is 30.0 Å². The van der Waals surface area contributed by atoms with Gasteiger partial charge in [0.15, 0.2) is 5.15 Å². The number of halogens is 2. The van der Waals surface area contributed by atoms with Gasteiger partial charge < -0.3 is 0 Å². The second-order valence-corrected chi connectivity index (χ2v) is 5.93. The topological polar surface area (TPSA) is 25.8 Å². The lowest BCUT2D eigenvalue weighted by Gasteiger charge is -2.09. The number of thioether (sulfide) groups is 1. The van der Waals surface area contributed by atoms with Crippen molar-refractivity contribution in [2.75, 3.05) is 6.26 Å². The van der Waals surface area contributed by atoms with Crippen LogP contribution in [0, 0.1) is 5.82 Å². The number of nitrogens with zero attached hydrogens (tertiary/aromatic N) is 2. The van der Waals surface area contributed by atoms with Crippen LogP contribution in [0.1, 0.15) is 0 Å². The molecule has 0 unspecified atom stereocenters. The van der Waals surface area contributed by atoms with Crippen molar-refractivity contribution in [2.24, 2.45) is 0 Å². The number of hydrogen-bond acceptors (Lipinski definition) is 3. The molecule has 0 aliphatic rings. The van der Waals surface area contributed by atoms with Crippen molar-refractivity contribution in [2.45, 2.75) is 4.90 Å². The number of benzene rings is 2. The summed E-state index contributed by atoms with van der Waals surface area (Å²) in [5.74, 6) is -0.275. The third-order valence-electron chi connectivity index (χ3n) is 3.28. The smallest absolute Gasteiger partial charge is 0.152 e. The highest BCUT2D eigenvalue weighted by molar-refractivity contribution is 7.98. The quantitative estimate of drug-likeness (QED) is 0.607. The van der Waals surface area contributed by atoms with Crippen molar-refractivity contribution in [3.63, 3.8) is 0 Å². The molecule has 22 heavy (non-hydrogen) atoms. The molecule has 0 amide bonds. The maximum atomic E-state index is 13.1. The summed E-state index contributed by atoms with van der Waals surface area (Å²) in [6.45, 7) is 0. The third kappa shape index (κ3) is 3.13. The van der Waals surface area contributed by atoms with Gasteiger partial charge in [-0.2, -0.15) is 0 Å². The first-order valence-corrected chi connectivity index (χ1v) is 8.21. The van der Waals surface area contributed by atoms with Gasteiger partial charge in [-0.1, -0.05) is 35.9 Å². The highest BCUT2D eigenvalue weighted by atomic mass is 35.5. The van der Waals surface area contributed by atoms with Crippen molar-refractivity contribution in [3.05, 3.63) is 65.6 Å². The summed E-state index contributed by atoms with van der Waals surface area (Å²) in [5.41, 5.74) is 3.35. The van der Waals surface area contributed by atoms with Gasteiger partial charge in [0, 0.05) is 16.0 Å². The molecule has 2 aromatic carbocycles. The summed E-state index contributed by atoms with van der Waals surface area (Å²) in [6.07, 6.45) is 2.03. The Morgan fingerprint density at radius 2 is 1.55 bits per heavy atom. The van der Waals surface area contributed by atoms with E-state index in [9.17, 15) is 4.39 Å². The van der Waals surface area contributed by atoms with Gasteiger partial charge in [-0.25, -0.2) is 4.39 Å². The normalized spacial score (nSPS) is 10.7. The molecule has 3 rings (SSSR count). The van der Waals surface area contributed by atoms with Gasteiger partial charge in [0.2, 0.25) is 0 Å². The van der Waals surface area contributed by atoms with E-state index < -0.39 is 0 Å². The molecule has 0 saturated heterocycles. The maximum Gasteiger partial charge on any atom is 0.152 e. The Labute approximate surface area is 137 Å². The molecule has 5 heteroatoms. The van der Waals surface area contributed by atoms with Gasteiger partial charge in [-0.3, -0.25) is 0 Å². The summed E-state index contributed by atoms with van der Waals surface area (Å²) in [7, 11) is 0. The van der Waals surface area contributed by atoms with E-state index in [-0.39, 0.29) is 5.82 Å². The zero-order valence-corrected chi connectivity index (χ0v) is 13.3. The fourth-order valence-electron chi connectivity index (χ4n) is 2.18. The predicted molar refractivity (Wildman–Crippen MR) is 89.7 cm³/mol. The maximum absolute atomic E-state index is 13.1. The molecule has 3 aromatic rings. The second-order valence-electron chi connectivity index (χ2n) is 4.66. The molecule has 0 bridgehead atoms. The average molecular weight is 331 g/mol. The number of aromatic nitrogens is 2. The van der Waals surface area contributed by atoms with Crippen LogP contribution in [0.4, 0.5) is 4.39 Å². The van der Waals surface area contributed by atoms with Gasteiger partial charge in [-0.15, -0.1) is 22.0 Å². The van der Waals surface area contributed by atoms with Crippen molar-refractivity contribution in [1.82, 2.24) is 10.2 Å². The Kier molecular flexibility index (Phi) is 4.41. The van der Waals surface area contributed by atoms with Crippen LogP contribution >= 0.6 is 23.4 Å². The SMILES string of the molecule is CSc1ccc(-c2nnc(Cl)cc2-c2ccc(F)cc2)cc1. The van der Waals surface area contributed by atoms with E-state index in [0.717, 1.165) is 22.4 Å². The van der Waals surface area contributed by atoms with Gasteiger partial charge in [0.1, 0.15) is 11.5 Å². The molecule has 1 heterocycles. The first-order valence-electron chi connectivity index (χ1n) is 6.61. The number of rotatable bonds is 3. The Balaban J connectivity index is 2.12. The molecule has 2 nitrogen and oxygen atoms in total. The summed E-state index contributed by atoms with van der Waals surface area (Å²) >= 11 is 7.66. The van der Waals surface area contributed by atoms with Crippen molar-refractivity contribution >= 4 is 23.4 Å². The second kappa shape index (κ2) is 6.46. The van der Waals surface area contributed by atoms with Crippen LogP contribution in [-0.4, -0.2) is 16.5 Å². The summed E-state index contributed by atoms with van der Waals surface area (Å²) in [6, 6.07) is 16.1. The van der Waals surface area contributed by atoms with E-state index in [2.05, 4.69) is 10.2 Å². The van der Waals surface area contributed by atoms with Crippen LogP contribution < -0.4 is 0 Å². The minimum Gasteiger partial charge on any atom is -0.207 e. The molecular weight excluding hydrogens is 319 g/mol. The van der Waals surface area contributed by atoms with E-state index in [1.165, 1.54) is 17.0 Å². The first-order chi connectivity index (χ1) is 10.7. The third-order valence-corrected chi connectivity index (χ3v) is 4.21. The summed E-state index contributed by atoms with van der Waals surface area (Å²) in [5, 5.41) is 8.47. The monoisotopic (exact) mass is 330 g/mol. The summed E-state index contributed by atoms with van der Waals surface area (Å²) < 4.78 is 13.1. The van der Waals surface area contributed by atoms with E-state index in [1.807, 2.05) is 30.5 Å². The molecule has 0 aliphatic carbocycles. The zero-order valence-electron chi connectivity index (χ0n) is 11.8. The van der Waals surface area contributed by atoms with Crippen molar-refractivity contribution < 1.29 is 4.39 Å². The lowest BCUT2D eigenvalue weighted by atomic mass is 10.0. The molecule has 110 valence electrons. The minimum absolute atomic E-state index is 0.275. The Morgan fingerprint density at radius 1 is 0.909 bits per heavy atom. The van der Waals surface area contributed by atoms with E-state index in [0.29, 0.717) is 5.15 Å². The molecular formula is C17H12ClFN2S. The zero-order chi connectivity index (χ0) is 15.5. The molecule has 0 radical (unpaired) electrons. The molecule has 0 atom stereocenters. The Bertz CT molecular complexity index is 789. The molecule has 0 fully saturated rings. The van der Waals surface area contributed by atoms with Crippen LogP contribution in [0.3, 0.4) is 0 Å². The minimum atomic E-state index is -0.275. The van der Waals surface area contributed by atoms with Crippen LogP contribution in [0.5, 0.6) is 0 Å². The van der Waals surface area contributed by atoms with E-state index >= 15 is 0 Å². The first kappa shape index (κ1) is 15.0. The summed E-state index contributed by atoms with van der Waals surface area (Å²) in [4.78, 5) is 1.18. The molecule has 0 spiro atoms. The van der Waals surface area contributed by atoms with Crippen LogP contribution in [0.25, 0.3) is 22.4 Å². The van der Waals surface area contributed by atoms with Gasteiger partial charge in [0.25, 0.3) is 0 Å². The Hall–Kier alpha value is -1.91. The fourth-order valence-corrected chi connectivity index (χ4v) is 2.73. The van der Waals surface area contributed by atoms with Crippen LogP contribution in [-0.2, 0) is 0 Å². The largest absolute Gasteiger partial charge is 0.207 e. The molecule has 1 aromatic heterocycles. The van der Waals surface area contributed by atoms with Crippen LogP contribution in [0.2, 0.25) is 5.15 Å². The van der Waals surface area contributed by atoms with Gasteiger partial charge >= 0.3 is 0 Å². The standard InChI is InChI=1S/C17H12ClFN2S/c1-22-14-8-4-12(5-9-14)17-15(10-16(18)20-21-17)11-2-6-13(19)7-3-11/h2-10H,1H3. The molecule has 0 N–H and O–H groups in total. The lowest BCUT2D eigenvalue weighted by Crippen LogP contribution is -1.93. The molecule has 0 saturated carbocycles. The Morgan fingerprint density at radius 3 is 2.18 bits per heavy atom. The van der Waals surface area contributed by atoms with Crippen molar-refractivity contribution in [1.29, 1.82) is 0 Å². The number of hydrogen-bond donors (Lipinski definition) is 0. The van der Waals surface area contributed by atoms with E-state index in [4.69, 9.17) is 11.6 Å². The molecule has 0 aliphatic heterocycles. The lowest BCUT2D eigenvalue weighted by molar-refractivity contribution is 0.628. The fraction of sp³-hybridized carbons (Fsp3) is 0.0588. The highest BCUT2D eigenvalue weighted by Crippen LogP contribution is 2.32. The van der Waals surface area contributed by atoms with Crippen LogP contribution in [0.15, 0.2) is 59.5 Å². The average Bonchev–Trinajstić information content (AvgIpc) is 2.56. The van der Waals surface area contributed by atoms with Crippen molar-refractivity contribution in [3.8, 4) is 22.4 Å². The van der Waals surface area contributed by atoms with Gasteiger partial charge in [-0.05, 0) is 42.2 Å².